The molecule has 1 atom stereocenters. The van der Waals surface area contributed by atoms with E-state index in [1.54, 1.807) is 0 Å². The molecule has 1 aliphatic heterocycles. The summed E-state index contributed by atoms with van der Waals surface area (Å²) in [6.45, 7) is 4.78. The normalized spacial score (nSPS) is 14.5. The van der Waals surface area contributed by atoms with E-state index in [1.807, 2.05) is 26.0 Å². The number of aromatic nitrogens is 3. The third kappa shape index (κ3) is 3.50. The van der Waals surface area contributed by atoms with Gasteiger partial charge in [0, 0.05) is 30.7 Å². The van der Waals surface area contributed by atoms with Gasteiger partial charge in [0.05, 0.1) is 10.9 Å². The number of thiophene rings is 1. The number of nitrogens with zero attached hydrogens (tertiary/aromatic N) is 3. The maximum absolute atomic E-state index is 12.1. The first kappa shape index (κ1) is 15.9. The first-order chi connectivity index (χ1) is 11.0. The Morgan fingerprint density at radius 3 is 2.91 bits per heavy atom. The summed E-state index contributed by atoms with van der Waals surface area (Å²) in [6.07, 6.45) is 2.45. The van der Waals surface area contributed by atoms with Crippen LogP contribution in [0.15, 0.2) is 12.1 Å². The number of ketones is 1. The molecule has 0 saturated heterocycles. The average Bonchev–Trinajstić information content (AvgIpc) is 3.20. The monoisotopic (exact) mass is 332 g/mol. The molecule has 1 amide bonds. The van der Waals surface area contributed by atoms with Gasteiger partial charge in [0.1, 0.15) is 5.82 Å². The van der Waals surface area contributed by atoms with E-state index in [4.69, 9.17) is 0 Å². The first-order valence-electron chi connectivity index (χ1n) is 7.85. The maximum atomic E-state index is 12.1. The van der Waals surface area contributed by atoms with E-state index in [9.17, 15) is 9.59 Å². The molecule has 23 heavy (non-hydrogen) atoms. The van der Waals surface area contributed by atoms with Crippen molar-refractivity contribution in [1.82, 2.24) is 20.1 Å². The molecular formula is C16H20N4O2S. The highest BCUT2D eigenvalue weighted by atomic mass is 32.1. The minimum atomic E-state index is -0.194. The van der Waals surface area contributed by atoms with Gasteiger partial charge >= 0.3 is 0 Å². The Morgan fingerprint density at radius 2 is 2.17 bits per heavy atom. The van der Waals surface area contributed by atoms with Crippen LogP contribution in [0.25, 0.3) is 0 Å². The van der Waals surface area contributed by atoms with Gasteiger partial charge in [-0.25, -0.2) is 0 Å². The fraction of sp³-hybridized carbons (Fsp3) is 0.500. The molecule has 122 valence electrons. The molecule has 6 nitrogen and oxygen atoms in total. The molecule has 2 aromatic rings. The Kier molecular flexibility index (Phi) is 4.56. The quantitative estimate of drug-likeness (QED) is 0.824. The van der Waals surface area contributed by atoms with E-state index in [1.165, 1.54) is 11.3 Å². The molecule has 1 unspecified atom stereocenters. The molecule has 0 aliphatic carbocycles. The molecule has 2 aromatic heterocycles. The van der Waals surface area contributed by atoms with E-state index in [2.05, 4.69) is 20.1 Å². The third-order valence-corrected chi connectivity index (χ3v) is 5.04. The van der Waals surface area contributed by atoms with Gasteiger partial charge in [-0.05, 0) is 32.4 Å². The Balaban J connectivity index is 1.52. The molecule has 0 aromatic carbocycles. The van der Waals surface area contributed by atoms with Crippen LogP contribution in [0.1, 0.15) is 58.4 Å². The number of amides is 1. The Labute approximate surface area is 138 Å². The van der Waals surface area contributed by atoms with E-state index >= 15 is 0 Å². The maximum Gasteiger partial charge on any atom is 0.221 e. The van der Waals surface area contributed by atoms with Gasteiger partial charge < -0.3 is 9.88 Å². The van der Waals surface area contributed by atoms with Crippen LogP contribution in [0, 0.1) is 6.92 Å². The van der Waals surface area contributed by atoms with Gasteiger partial charge in [0.25, 0.3) is 0 Å². The van der Waals surface area contributed by atoms with Crippen molar-refractivity contribution in [3.8, 4) is 0 Å². The summed E-state index contributed by atoms with van der Waals surface area (Å²) in [7, 11) is 0. The van der Waals surface area contributed by atoms with Crippen molar-refractivity contribution in [2.45, 2.75) is 52.1 Å². The van der Waals surface area contributed by atoms with Crippen LogP contribution in [0.3, 0.4) is 0 Å². The summed E-state index contributed by atoms with van der Waals surface area (Å²) < 4.78 is 2.07. The molecule has 1 N–H and O–H groups in total. The largest absolute Gasteiger partial charge is 0.346 e. The lowest BCUT2D eigenvalue weighted by Gasteiger charge is -2.13. The molecular weight excluding hydrogens is 312 g/mol. The lowest BCUT2D eigenvalue weighted by molar-refractivity contribution is -0.121. The van der Waals surface area contributed by atoms with Crippen molar-refractivity contribution in [1.29, 1.82) is 0 Å². The number of hydrogen-bond acceptors (Lipinski definition) is 5. The second-order valence-electron chi connectivity index (χ2n) is 5.85. The van der Waals surface area contributed by atoms with E-state index in [0.29, 0.717) is 0 Å². The summed E-state index contributed by atoms with van der Waals surface area (Å²) in [5, 5.41) is 11.2. The fourth-order valence-electron chi connectivity index (χ4n) is 2.81. The molecule has 3 heterocycles. The summed E-state index contributed by atoms with van der Waals surface area (Å²) in [4.78, 5) is 25.9. The molecule has 1 aliphatic rings. The van der Waals surface area contributed by atoms with Gasteiger partial charge in [0.15, 0.2) is 11.6 Å². The predicted molar refractivity (Wildman–Crippen MR) is 87.5 cm³/mol. The highest BCUT2D eigenvalue weighted by Crippen LogP contribution is 2.20. The number of carbonyl (C=O) groups excluding carboxylic acids is 2. The number of fused-ring (bicyclic) bond motifs is 1. The molecule has 0 radical (unpaired) electrons. The van der Waals surface area contributed by atoms with Crippen LogP contribution in [0.4, 0.5) is 0 Å². The highest BCUT2D eigenvalue weighted by molar-refractivity contribution is 7.14. The van der Waals surface area contributed by atoms with Crippen LogP contribution in [-0.2, 0) is 17.8 Å². The Morgan fingerprint density at radius 1 is 1.35 bits per heavy atom. The smallest absolute Gasteiger partial charge is 0.221 e. The zero-order chi connectivity index (χ0) is 16.4. The van der Waals surface area contributed by atoms with Crippen molar-refractivity contribution in [3.05, 3.63) is 33.5 Å². The van der Waals surface area contributed by atoms with Crippen LogP contribution in [0.5, 0.6) is 0 Å². The van der Waals surface area contributed by atoms with Gasteiger partial charge in [-0.15, -0.1) is 21.5 Å². The third-order valence-electron chi connectivity index (χ3n) is 4.00. The van der Waals surface area contributed by atoms with Crippen LogP contribution in [0.2, 0.25) is 0 Å². The summed E-state index contributed by atoms with van der Waals surface area (Å²) in [6, 6.07) is 3.55. The second kappa shape index (κ2) is 6.62. The lowest BCUT2D eigenvalue weighted by atomic mass is 10.2. The van der Waals surface area contributed by atoms with Crippen molar-refractivity contribution >= 4 is 23.0 Å². The van der Waals surface area contributed by atoms with E-state index in [0.717, 1.165) is 40.8 Å². The van der Waals surface area contributed by atoms with Crippen molar-refractivity contribution in [3.63, 3.8) is 0 Å². The minimum Gasteiger partial charge on any atom is -0.346 e. The number of rotatable bonds is 6. The number of hydrogen-bond donors (Lipinski definition) is 1. The van der Waals surface area contributed by atoms with Crippen LogP contribution >= 0.6 is 11.3 Å². The zero-order valence-electron chi connectivity index (χ0n) is 13.3. The Bertz CT molecular complexity index is 734. The van der Waals surface area contributed by atoms with Crippen molar-refractivity contribution < 1.29 is 9.59 Å². The zero-order valence-corrected chi connectivity index (χ0v) is 14.2. The van der Waals surface area contributed by atoms with E-state index in [-0.39, 0.29) is 30.6 Å². The summed E-state index contributed by atoms with van der Waals surface area (Å²) in [5.41, 5.74) is 0. The highest BCUT2D eigenvalue weighted by Gasteiger charge is 2.22. The SMILES string of the molecule is Cc1ccc(C(=O)CCC(=O)NC(C)c2nnc3n2CCC3)s1. The molecule has 7 heteroatoms. The number of carbonyl (C=O) groups is 2. The lowest BCUT2D eigenvalue weighted by Crippen LogP contribution is -2.28. The predicted octanol–water partition coefficient (Wildman–Crippen LogP) is 2.43. The van der Waals surface area contributed by atoms with Crippen LogP contribution in [-0.4, -0.2) is 26.5 Å². The topological polar surface area (TPSA) is 76.9 Å². The second-order valence-corrected chi connectivity index (χ2v) is 7.14. The van der Waals surface area contributed by atoms with Gasteiger partial charge in [-0.2, -0.15) is 0 Å². The molecule has 3 rings (SSSR count). The molecule has 0 fully saturated rings. The van der Waals surface area contributed by atoms with Crippen molar-refractivity contribution in [2.24, 2.45) is 0 Å². The average molecular weight is 332 g/mol. The van der Waals surface area contributed by atoms with Crippen LogP contribution < -0.4 is 5.32 Å². The minimum absolute atomic E-state index is 0.0225. The van der Waals surface area contributed by atoms with Gasteiger partial charge in [-0.3, -0.25) is 9.59 Å². The fourth-order valence-corrected chi connectivity index (χ4v) is 3.64. The summed E-state index contributed by atoms with van der Waals surface area (Å²) in [5.74, 6) is 1.68. The van der Waals surface area contributed by atoms with Gasteiger partial charge in [-0.1, -0.05) is 0 Å². The van der Waals surface area contributed by atoms with Gasteiger partial charge in [0.2, 0.25) is 5.91 Å². The number of Topliss-reactive ketones (excluding diaryl/α,β-unsaturated/α-hetero) is 1. The first-order valence-corrected chi connectivity index (χ1v) is 8.67. The molecule has 0 bridgehead atoms. The van der Waals surface area contributed by atoms with Crippen molar-refractivity contribution in [2.75, 3.05) is 0 Å². The summed E-state index contributed by atoms with van der Waals surface area (Å²) >= 11 is 1.47. The standard InChI is InChI=1S/C16H20N4O2S/c1-10-5-7-13(23-10)12(21)6-8-15(22)17-11(2)16-19-18-14-4-3-9-20(14)16/h5,7,11H,3-4,6,8-9H2,1-2H3,(H,17,22). The molecule has 0 saturated carbocycles. The molecule has 0 spiro atoms. The number of nitrogens with one attached hydrogen (secondary N) is 1. The van der Waals surface area contributed by atoms with E-state index < -0.39 is 0 Å². The number of aryl methyl sites for hydroxylation is 2. The Hall–Kier alpha value is -2.02.